The standard InChI is InChI=1S/C55H81N9O8/c1-42(2)54-59-57-43(3)64(54)50-37-48-22-23-49(38-50)62(48)27-24-51(45-15-11-10-12-16-45)56-52(65)17-13-8-6-4-5-7-9-14-26-61-39-47(58-60-61)41-72-36-34-70-32-30-68-29-31-69-33-35-71-40-44-18-20-46(21-19-44)55(67)63-28-25-53(63)66/h10-12,15-16,18-21,39,42,48-51H,4-9,13-14,17,22-38,40-41H2,1-3H3,(H,56,65)/t48?,49?,50?,51-/m0/s1. The zero-order valence-electron chi connectivity index (χ0n) is 43.3. The van der Waals surface area contributed by atoms with E-state index >= 15 is 0 Å². The summed E-state index contributed by atoms with van der Waals surface area (Å²) in [6.45, 7) is 13.4. The Morgan fingerprint density at radius 3 is 1.92 bits per heavy atom. The molecule has 3 aliphatic rings. The molecule has 0 saturated carbocycles. The summed E-state index contributed by atoms with van der Waals surface area (Å²) in [5.74, 6) is 2.32. The molecule has 5 heterocycles. The highest BCUT2D eigenvalue weighted by molar-refractivity contribution is 6.07. The molecule has 2 aromatic carbocycles. The van der Waals surface area contributed by atoms with Gasteiger partial charge < -0.3 is 33.6 Å². The Morgan fingerprint density at radius 1 is 0.694 bits per heavy atom. The van der Waals surface area contributed by atoms with Gasteiger partial charge in [-0.05, 0) is 75.1 Å². The summed E-state index contributed by atoms with van der Waals surface area (Å²) in [7, 11) is 0. The van der Waals surface area contributed by atoms with Crippen molar-refractivity contribution in [3.63, 3.8) is 0 Å². The number of carbonyl (C=O) groups is 3. The monoisotopic (exact) mass is 996 g/mol. The average Bonchev–Trinajstić information content (AvgIpc) is 4.08. The van der Waals surface area contributed by atoms with Crippen LogP contribution in [-0.2, 0) is 53.0 Å². The Morgan fingerprint density at radius 2 is 1.31 bits per heavy atom. The molecule has 72 heavy (non-hydrogen) atoms. The molecule has 394 valence electrons. The van der Waals surface area contributed by atoms with E-state index in [0.29, 0.717) is 115 Å². The van der Waals surface area contributed by atoms with E-state index in [4.69, 9.17) is 23.7 Å². The number of benzene rings is 2. The van der Waals surface area contributed by atoms with E-state index in [1.165, 1.54) is 42.6 Å². The molecule has 3 aliphatic heterocycles. The maximum atomic E-state index is 13.3. The molecule has 3 fully saturated rings. The van der Waals surface area contributed by atoms with E-state index in [1.807, 2.05) is 23.0 Å². The molecule has 17 heteroatoms. The highest BCUT2D eigenvalue weighted by Crippen LogP contribution is 2.42. The number of β-lactam (4-membered cyclic amide) rings is 1. The van der Waals surface area contributed by atoms with E-state index in [9.17, 15) is 14.4 Å². The molecular formula is C55H81N9O8. The number of aryl methyl sites for hydroxylation is 2. The number of hydrogen-bond donors (Lipinski definition) is 1. The van der Waals surface area contributed by atoms with Crippen molar-refractivity contribution in [1.29, 1.82) is 0 Å². The summed E-state index contributed by atoms with van der Waals surface area (Å²) in [6.07, 6.45) is 17.7. The van der Waals surface area contributed by atoms with Gasteiger partial charge in [0.2, 0.25) is 11.8 Å². The third-order valence-electron chi connectivity index (χ3n) is 14.3. The minimum absolute atomic E-state index is 0.0264. The highest BCUT2D eigenvalue weighted by Gasteiger charge is 2.42. The van der Waals surface area contributed by atoms with E-state index in [1.54, 1.807) is 12.1 Å². The Balaban J connectivity index is 0.634. The average molecular weight is 996 g/mol. The molecule has 17 nitrogen and oxygen atoms in total. The summed E-state index contributed by atoms with van der Waals surface area (Å²) in [4.78, 5) is 41.0. The molecule has 4 aromatic rings. The number of imide groups is 1. The Bertz CT molecular complexity index is 2210. The van der Waals surface area contributed by atoms with E-state index < -0.39 is 0 Å². The number of aromatic nitrogens is 6. The Labute approximate surface area is 427 Å². The van der Waals surface area contributed by atoms with Crippen LogP contribution in [0.15, 0.2) is 60.8 Å². The van der Waals surface area contributed by atoms with Gasteiger partial charge in [-0.1, -0.05) is 100 Å². The van der Waals surface area contributed by atoms with Gasteiger partial charge in [0, 0.05) is 62.1 Å². The molecule has 0 radical (unpaired) electrons. The first kappa shape index (κ1) is 54.9. The van der Waals surface area contributed by atoms with Crippen molar-refractivity contribution >= 4 is 17.7 Å². The lowest BCUT2D eigenvalue weighted by atomic mass is 9.95. The van der Waals surface area contributed by atoms with Gasteiger partial charge >= 0.3 is 0 Å². The van der Waals surface area contributed by atoms with Crippen LogP contribution < -0.4 is 5.32 Å². The number of nitrogens with one attached hydrogen (secondary N) is 1. The fraction of sp³-hybridized carbons (Fsp3) is 0.655. The molecule has 3 saturated heterocycles. The molecule has 1 N–H and O–H groups in total. The molecule has 2 bridgehead atoms. The first-order valence-corrected chi connectivity index (χ1v) is 27.0. The third-order valence-corrected chi connectivity index (χ3v) is 14.3. The normalized spacial score (nSPS) is 18.2. The lowest BCUT2D eigenvalue weighted by Crippen LogP contribution is -2.47. The molecule has 3 atom stereocenters. The lowest BCUT2D eigenvalue weighted by molar-refractivity contribution is -0.136. The minimum Gasteiger partial charge on any atom is -0.377 e. The fourth-order valence-corrected chi connectivity index (χ4v) is 10.3. The van der Waals surface area contributed by atoms with E-state index in [0.717, 1.165) is 87.4 Å². The first-order chi connectivity index (χ1) is 35.2. The summed E-state index contributed by atoms with van der Waals surface area (Å²) < 4.78 is 32.5. The number of rotatable bonds is 35. The molecule has 0 spiro atoms. The first-order valence-electron chi connectivity index (χ1n) is 27.0. The number of carbonyl (C=O) groups excluding carboxylic acids is 3. The molecular weight excluding hydrogens is 915 g/mol. The number of likely N-dealkylation sites (tertiary alicyclic amines) is 1. The number of ether oxygens (including phenoxy) is 5. The van der Waals surface area contributed by atoms with Gasteiger partial charge in [0.25, 0.3) is 5.91 Å². The predicted octanol–water partition coefficient (Wildman–Crippen LogP) is 8.08. The maximum absolute atomic E-state index is 13.3. The number of nitrogens with zero attached hydrogens (tertiary/aromatic N) is 8. The quantitative estimate of drug-likeness (QED) is 0.0266. The number of piperidine rings is 1. The van der Waals surface area contributed by atoms with E-state index in [-0.39, 0.29) is 23.8 Å². The van der Waals surface area contributed by atoms with Crippen LogP contribution in [0.1, 0.15) is 167 Å². The molecule has 7 rings (SSSR count). The topological polar surface area (TPSA) is 177 Å². The van der Waals surface area contributed by atoms with Crippen molar-refractivity contribution in [2.75, 3.05) is 65.9 Å². The molecule has 2 unspecified atom stereocenters. The number of amides is 3. The lowest BCUT2D eigenvalue weighted by Gasteiger charge is -2.40. The van der Waals surface area contributed by atoms with Crippen LogP contribution in [0.4, 0.5) is 0 Å². The van der Waals surface area contributed by atoms with Gasteiger partial charge in [-0.3, -0.25) is 28.9 Å². The number of hydrogen-bond acceptors (Lipinski definition) is 13. The van der Waals surface area contributed by atoms with Crippen molar-refractivity contribution in [1.82, 2.24) is 44.9 Å². The maximum Gasteiger partial charge on any atom is 0.260 e. The van der Waals surface area contributed by atoms with Gasteiger partial charge in [-0.2, -0.15) is 0 Å². The van der Waals surface area contributed by atoms with Crippen LogP contribution in [0.5, 0.6) is 0 Å². The van der Waals surface area contributed by atoms with Crippen LogP contribution in [0.2, 0.25) is 0 Å². The second kappa shape index (κ2) is 29.7. The van der Waals surface area contributed by atoms with Crippen molar-refractivity contribution < 1.29 is 38.1 Å². The third kappa shape index (κ3) is 17.1. The van der Waals surface area contributed by atoms with Crippen LogP contribution in [0, 0.1) is 6.92 Å². The smallest absolute Gasteiger partial charge is 0.260 e. The largest absolute Gasteiger partial charge is 0.377 e. The zero-order chi connectivity index (χ0) is 50.3. The second-order valence-corrected chi connectivity index (χ2v) is 20.0. The summed E-state index contributed by atoms with van der Waals surface area (Å²) in [5, 5.41) is 20.9. The van der Waals surface area contributed by atoms with Gasteiger partial charge in [0.15, 0.2) is 0 Å². The summed E-state index contributed by atoms with van der Waals surface area (Å²) in [6, 6.07) is 19.3. The predicted molar refractivity (Wildman–Crippen MR) is 273 cm³/mol. The Kier molecular flexibility index (Phi) is 22.6. The van der Waals surface area contributed by atoms with Crippen LogP contribution in [-0.4, -0.2) is 135 Å². The second-order valence-electron chi connectivity index (χ2n) is 20.0. The highest BCUT2D eigenvalue weighted by atomic mass is 16.6. The number of unbranched alkanes of at least 4 members (excludes halogenated alkanes) is 7. The SMILES string of the molecule is Cc1nnc(C(C)C)n1C1CC2CCC(C1)N2CC[C@H](NC(=O)CCCCCCCCCCn1cc(COCCOCCOCCOCCOCc2ccc(C(=O)N3CCC3=O)cc2)nn1)c1ccccc1. The van der Waals surface area contributed by atoms with Crippen LogP contribution >= 0.6 is 0 Å². The fourth-order valence-electron chi connectivity index (χ4n) is 10.3. The van der Waals surface area contributed by atoms with Crippen molar-refractivity contribution in [3.8, 4) is 0 Å². The minimum atomic E-state index is -0.245. The van der Waals surface area contributed by atoms with Crippen molar-refractivity contribution in [2.45, 2.75) is 167 Å². The number of fused-ring (bicyclic) bond motifs is 2. The van der Waals surface area contributed by atoms with Gasteiger partial charge in [0.1, 0.15) is 17.3 Å². The summed E-state index contributed by atoms with van der Waals surface area (Å²) >= 11 is 0. The Hall–Kier alpha value is -4.91. The van der Waals surface area contributed by atoms with Crippen LogP contribution in [0.25, 0.3) is 0 Å². The van der Waals surface area contributed by atoms with Crippen molar-refractivity contribution in [2.24, 2.45) is 0 Å². The zero-order valence-corrected chi connectivity index (χ0v) is 43.3. The van der Waals surface area contributed by atoms with Gasteiger partial charge in [-0.15, -0.1) is 15.3 Å². The molecule has 2 aromatic heterocycles. The van der Waals surface area contributed by atoms with E-state index in [2.05, 4.69) is 86.4 Å². The van der Waals surface area contributed by atoms with Crippen molar-refractivity contribution in [3.05, 3.63) is 94.8 Å². The molecule has 3 amide bonds. The summed E-state index contributed by atoms with van der Waals surface area (Å²) in [5.41, 5.74) is 3.47. The van der Waals surface area contributed by atoms with Gasteiger partial charge in [0.05, 0.1) is 78.3 Å². The molecule has 0 aliphatic carbocycles. The van der Waals surface area contributed by atoms with Crippen LogP contribution in [0.3, 0.4) is 0 Å². The van der Waals surface area contributed by atoms with Gasteiger partial charge in [-0.25, -0.2) is 0 Å².